The summed E-state index contributed by atoms with van der Waals surface area (Å²) in [5.41, 5.74) is 3.81. The van der Waals surface area contributed by atoms with Gasteiger partial charge in [0, 0.05) is 22.4 Å². The second kappa shape index (κ2) is 9.88. The van der Waals surface area contributed by atoms with Crippen LogP contribution in [-0.2, 0) is 16.0 Å². The molecule has 31 heavy (non-hydrogen) atoms. The molecule has 0 spiro atoms. The maximum atomic E-state index is 11.3. The summed E-state index contributed by atoms with van der Waals surface area (Å²) in [5, 5.41) is 9.96. The number of carboxylic acid groups (broad SMARTS) is 1. The summed E-state index contributed by atoms with van der Waals surface area (Å²) in [4.78, 5) is 11.3. The van der Waals surface area contributed by atoms with Gasteiger partial charge in [-0.25, -0.2) is 0 Å². The second-order valence-corrected chi connectivity index (χ2v) is 9.20. The highest BCUT2D eigenvalue weighted by atomic mass is 35.5. The average molecular weight is 443 g/mol. The van der Waals surface area contributed by atoms with Crippen molar-refractivity contribution in [1.29, 1.82) is 0 Å². The largest absolute Gasteiger partial charge is 0.496 e. The minimum Gasteiger partial charge on any atom is -0.496 e. The summed E-state index contributed by atoms with van der Waals surface area (Å²) in [6, 6.07) is 13.5. The Balaban J connectivity index is 2.05. The normalized spacial score (nSPS) is 23.5. The number of hydrogen-bond acceptors (Lipinski definition) is 3. The number of carbonyl (C=O) groups is 1. The van der Waals surface area contributed by atoms with Gasteiger partial charge >= 0.3 is 5.97 Å². The van der Waals surface area contributed by atoms with Gasteiger partial charge in [-0.1, -0.05) is 55.8 Å². The lowest BCUT2D eigenvalue weighted by atomic mass is 9.73. The fourth-order valence-electron chi connectivity index (χ4n) is 4.62. The highest BCUT2D eigenvalue weighted by Gasteiger charge is 2.42. The number of halogens is 1. The van der Waals surface area contributed by atoms with Gasteiger partial charge in [-0.15, -0.1) is 0 Å². The molecule has 3 rings (SSSR count). The van der Waals surface area contributed by atoms with E-state index < -0.39 is 5.97 Å². The molecule has 1 fully saturated rings. The molecule has 166 valence electrons. The number of rotatable bonds is 7. The Morgan fingerprint density at radius 2 is 2.03 bits per heavy atom. The van der Waals surface area contributed by atoms with E-state index in [1.807, 2.05) is 37.3 Å². The first-order valence-electron chi connectivity index (χ1n) is 10.7. The lowest BCUT2D eigenvalue weighted by Gasteiger charge is -2.44. The molecular weight excluding hydrogens is 412 g/mol. The third-order valence-electron chi connectivity index (χ3n) is 6.10. The van der Waals surface area contributed by atoms with Gasteiger partial charge in [0.25, 0.3) is 0 Å². The smallest absolute Gasteiger partial charge is 0.307 e. The zero-order chi connectivity index (χ0) is 22.7. The van der Waals surface area contributed by atoms with Gasteiger partial charge in [0.2, 0.25) is 0 Å². The molecule has 0 unspecified atom stereocenters. The lowest BCUT2D eigenvalue weighted by molar-refractivity contribution is -0.136. The molecule has 1 N–H and O–H groups in total. The van der Waals surface area contributed by atoms with Crippen molar-refractivity contribution in [3.05, 3.63) is 76.3 Å². The van der Waals surface area contributed by atoms with E-state index in [1.54, 1.807) is 13.2 Å². The molecule has 2 aromatic rings. The van der Waals surface area contributed by atoms with E-state index in [4.69, 9.17) is 21.1 Å². The molecule has 0 aliphatic carbocycles. The highest BCUT2D eigenvalue weighted by Crippen LogP contribution is 2.49. The summed E-state index contributed by atoms with van der Waals surface area (Å²) in [5.74, 6) is 0.371. The Kier molecular flexibility index (Phi) is 7.45. The molecule has 1 saturated heterocycles. The second-order valence-electron chi connectivity index (χ2n) is 8.76. The zero-order valence-corrected chi connectivity index (χ0v) is 19.4. The van der Waals surface area contributed by atoms with Crippen molar-refractivity contribution in [3.63, 3.8) is 0 Å². The van der Waals surface area contributed by atoms with E-state index >= 15 is 0 Å². The predicted molar refractivity (Wildman–Crippen MR) is 124 cm³/mol. The summed E-state index contributed by atoms with van der Waals surface area (Å²) in [7, 11) is 1.63. The van der Waals surface area contributed by atoms with Gasteiger partial charge in [0.05, 0.1) is 25.7 Å². The Morgan fingerprint density at radius 3 is 2.61 bits per heavy atom. The minimum atomic E-state index is -0.863. The maximum absolute atomic E-state index is 11.3. The van der Waals surface area contributed by atoms with Gasteiger partial charge in [0.1, 0.15) is 5.75 Å². The highest BCUT2D eigenvalue weighted by molar-refractivity contribution is 6.30. The van der Waals surface area contributed by atoms with Crippen molar-refractivity contribution in [2.24, 2.45) is 11.8 Å². The lowest BCUT2D eigenvalue weighted by Crippen LogP contribution is -2.39. The fraction of sp³-hybridized carbons (Fsp3) is 0.423. The Labute approximate surface area is 189 Å². The van der Waals surface area contributed by atoms with Gasteiger partial charge in [-0.05, 0) is 54.7 Å². The standard InChI is InChI=1S/C26H31ClO4/c1-15(2)20-14-21(18-7-6-8-19(27)13-18)25(16(3)4)31-26(20)22-11-17(12-24(28)29)9-10-23(22)30-5/h6-11,13,16,20-21,25-26H,1,12,14H2,2-5H3,(H,28,29)/t20-,21-,25+,26+/m1/s1. The molecule has 0 bridgehead atoms. The molecule has 1 heterocycles. The SMILES string of the molecule is C=C(C)[C@H]1C[C@H](c2cccc(Cl)c2)[C@H](C(C)C)O[C@@H]1c1cc(CC(=O)O)ccc1OC. The van der Waals surface area contributed by atoms with E-state index in [1.165, 1.54) is 5.56 Å². The van der Waals surface area contributed by atoms with Crippen LogP contribution in [0.5, 0.6) is 5.75 Å². The number of benzene rings is 2. The number of aliphatic carboxylic acids is 1. The Bertz CT molecular complexity index is 952. The summed E-state index contributed by atoms with van der Waals surface area (Å²) < 4.78 is 12.4. The summed E-state index contributed by atoms with van der Waals surface area (Å²) in [6.07, 6.45) is 0.548. The molecule has 1 aliphatic heterocycles. The summed E-state index contributed by atoms with van der Waals surface area (Å²) >= 11 is 6.29. The number of ether oxygens (including phenoxy) is 2. The van der Waals surface area contributed by atoms with Crippen molar-refractivity contribution in [3.8, 4) is 5.75 Å². The van der Waals surface area contributed by atoms with E-state index in [0.717, 1.165) is 28.1 Å². The van der Waals surface area contributed by atoms with Crippen molar-refractivity contribution in [2.45, 2.75) is 51.7 Å². The Morgan fingerprint density at radius 1 is 1.29 bits per heavy atom. The van der Waals surface area contributed by atoms with Crippen molar-refractivity contribution in [2.75, 3.05) is 7.11 Å². The van der Waals surface area contributed by atoms with Gasteiger partial charge in [0.15, 0.2) is 0 Å². The molecule has 1 aliphatic rings. The van der Waals surface area contributed by atoms with Crippen molar-refractivity contribution >= 4 is 17.6 Å². The molecular formula is C26H31ClO4. The molecule has 0 saturated carbocycles. The van der Waals surface area contributed by atoms with Crippen LogP contribution in [0, 0.1) is 11.8 Å². The first kappa shape index (κ1) is 23.4. The molecule has 4 atom stereocenters. The first-order valence-corrected chi connectivity index (χ1v) is 11.0. The molecule has 0 amide bonds. The van der Waals surface area contributed by atoms with E-state index in [9.17, 15) is 9.90 Å². The molecule has 0 radical (unpaired) electrons. The molecule has 0 aromatic heterocycles. The molecule has 2 aromatic carbocycles. The van der Waals surface area contributed by atoms with Crippen LogP contribution in [0.25, 0.3) is 0 Å². The maximum Gasteiger partial charge on any atom is 0.307 e. The van der Waals surface area contributed by atoms with Crippen molar-refractivity contribution in [1.82, 2.24) is 0 Å². The van der Waals surface area contributed by atoms with Crippen LogP contribution in [0.4, 0.5) is 0 Å². The Hall–Kier alpha value is -2.30. The third kappa shape index (κ3) is 5.31. The monoisotopic (exact) mass is 442 g/mol. The molecule has 4 nitrogen and oxygen atoms in total. The van der Waals surface area contributed by atoms with Gasteiger partial charge in [-0.2, -0.15) is 0 Å². The van der Waals surface area contributed by atoms with E-state index in [-0.39, 0.29) is 36.4 Å². The number of hydrogen-bond donors (Lipinski definition) is 1. The predicted octanol–water partition coefficient (Wildman–Crippen LogP) is 6.44. The quantitative estimate of drug-likeness (QED) is 0.501. The number of methoxy groups -OCH3 is 1. The summed E-state index contributed by atoms with van der Waals surface area (Å²) in [6.45, 7) is 10.6. The van der Waals surface area contributed by atoms with Crippen molar-refractivity contribution < 1.29 is 19.4 Å². The average Bonchev–Trinajstić information content (AvgIpc) is 2.72. The van der Waals surface area contributed by atoms with Crippen LogP contribution in [0.2, 0.25) is 5.02 Å². The number of carboxylic acids is 1. The van der Waals surface area contributed by atoms with Crippen LogP contribution >= 0.6 is 11.6 Å². The zero-order valence-electron chi connectivity index (χ0n) is 18.6. The third-order valence-corrected chi connectivity index (χ3v) is 6.33. The topological polar surface area (TPSA) is 55.8 Å². The van der Waals surface area contributed by atoms with E-state index in [0.29, 0.717) is 5.75 Å². The molecule has 5 heteroatoms. The minimum absolute atomic E-state index is 0.0214. The van der Waals surface area contributed by atoms with Crippen LogP contribution in [-0.4, -0.2) is 24.3 Å². The van der Waals surface area contributed by atoms with Crippen LogP contribution in [0.3, 0.4) is 0 Å². The first-order chi connectivity index (χ1) is 14.7. The fourth-order valence-corrected chi connectivity index (χ4v) is 4.81. The van der Waals surface area contributed by atoms with Crippen LogP contribution < -0.4 is 4.74 Å². The van der Waals surface area contributed by atoms with E-state index in [2.05, 4.69) is 26.5 Å². The van der Waals surface area contributed by atoms with Gasteiger partial charge in [-0.3, -0.25) is 4.79 Å². The van der Waals surface area contributed by atoms with Crippen LogP contribution in [0.1, 0.15) is 55.9 Å². The van der Waals surface area contributed by atoms with Crippen LogP contribution in [0.15, 0.2) is 54.6 Å². The van der Waals surface area contributed by atoms with Gasteiger partial charge < -0.3 is 14.6 Å².